The number of hydrogen-bond donors (Lipinski definition) is 3. The Morgan fingerprint density at radius 1 is 1.27 bits per heavy atom. The van der Waals surface area contributed by atoms with E-state index in [9.17, 15) is 24.8 Å². The van der Waals surface area contributed by atoms with Gasteiger partial charge in [-0.25, -0.2) is 9.18 Å². The fourth-order valence-electron chi connectivity index (χ4n) is 9.77. The first-order valence-corrected chi connectivity index (χ1v) is 15.3. The molecule has 1 aromatic rings. The highest BCUT2D eigenvalue weighted by atomic mass is 19.1. The highest BCUT2D eigenvalue weighted by Crippen LogP contribution is 2.69. The molecule has 224 valence electrons. The third-order valence-corrected chi connectivity index (χ3v) is 12.3. The number of aliphatic carboxylic acids is 1. The number of aliphatic hydroxyl groups is 1. The summed E-state index contributed by atoms with van der Waals surface area (Å²) in [5.74, 6) is -3.35. The maximum absolute atomic E-state index is 15.7. The highest BCUT2D eigenvalue weighted by molar-refractivity contribution is 6.61. The summed E-state index contributed by atoms with van der Waals surface area (Å²) in [6.45, 7) is 10.9. The molecular weight excluding hydrogens is 528 g/mol. The molecule has 1 aromatic carbocycles. The summed E-state index contributed by atoms with van der Waals surface area (Å²) in [7, 11) is -1.44. The number of carboxylic acids is 1. The molecule has 10 heteroatoms. The molecule has 2 aliphatic heterocycles. The molecule has 2 heterocycles. The smallest absolute Gasteiger partial charge is 0.478 e. The molecule has 6 rings (SSSR count). The van der Waals surface area contributed by atoms with Gasteiger partial charge < -0.3 is 29.5 Å². The van der Waals surface area contributed by atoms with Crippen LogP contribution in [0.25, 0.3) is 0 Å². The van der Waals surface area contributed by atoms with Crippen molar-refractivity contribution in [1.82, 2.24) is 4.90 Å². The summed E-state index contributed by atoms with van der Waals surface area (Å²) in [6.07, 6.45) is 1.97. The first-order valence-electron chi connectivity index (χ1n) is 15.3. The molecule has 0 amide bonds. The average molecular weight is 571 g/mol. The number of rotatable bonds is 6. The number of carboxylic acid groups (broad SMARTS) is 1. The second kappa shape index (κ2) is 10.0. The van der Waals surface area contributed by atoms with Crippen molar-refractivity contribution >= 4 is 24.3 Å². The van der Waals surface area contributed by atoms with E-state index in [4.69, 9.17) is 9.39 Å². The Kier molecular flexibility index (Phi) is 7.12. The summed E-state index contributed by atoms with van der Waals surface area (Å²) in [4.78, 5) is 29.3. The van der Waals surface area contributed by atoms with E-state index in [1.165, 1.54) is 6.07 Å². The van der Waals surface area contributed by atoms with Crippen LogP contribution in [-0.4, -0.2) is 70.9 Å². The number of likely N-dealkylation sites (tertiary alicyclic amines) is 1. The maximum Gasteiger partial charge on any atom is 0.494 e. The number of carbonyl (C=O) groups excluding carboxylic acids is 1. The van der Waals surface area contributed by atoms with Gasteiger partial charge >= 0.3 is 13.1 Å². The largest absolute Gasteiger partial charge is 0.494 e. The van der Waals surface area contributed by atoms with Crippen molar-refractivity contribution < 1.29 is 38.6 Å². The number of fused-ring (bicyclic) bond motifs is 1. The fourth-order valence-corrected chi connectivity index (χ4v) is 9.77. The Hall–Kier alpha value is -2.01. The maximum atomic E-state index is 15.7. The quantitative estimate of drug-likeness (QED) is 0.447. The number of ketones is 1. The van der Waals surface area contributed by atoms with Crippen LogP contribution in [0.2, 0.25) is 0 Å². The normalized spacial score (nSPS) is 41.2. The number of nitrogens with zero attached hydrogens (tertiary/aromatic N) is 1. The average Bonchev–Trinajstić information content (AvgIpc) is 3.46. The number of aliphatic hydroxyl groups excluding tert-OH is 1. The van der Waals surface area contributed by atoms with E-state index in [-0.39, 0.29) is 35.4 Å². The van der Waals surface area contributed by atoms with E-state index in [0.717, 1.165) is 32.4 Å². The van der Waals surface area contributed by atoms with Crippen LogP contribution >= 0.6 is 0 Å². The van der Waals surface area contributed by atoms with Crippen molar-refractivity contribution in [2.45, 2.75) is 85.0 Å². The number of carbonyl (C=O) groups is 2. The number of hydrogen-bond acceptors (Lipinski definition) is 7. The molecule has 0 aromatic heterocycles. The summed E-state index contributed by atoms with van der Waals surface area (Å²) in [5, 5.41) is 33.1. The van der Waals surface area contributed by atoms with Gasteiger partial charge in [0.1, 0.15) is 5.78 Å². The van der Waals surface area contributed by atoms with Crippen LogP contribution in [0.5, 0.6) is 5.75 Å². The highest BCUT2D eigenvalue weighted by Gasteiger charge is 2.69. The molecular formula is C31H43BFNO7. The lowest BCUT2D eigenvalue weighted by atomic mass is 9.41. The monoisotopic (exact) mass is 571 g/mol. The van der Waals surface area contributed by atoms with Crippen LogP contribution in [0, 0.1) is 45.7 Å². The van der Waals surface area contributed by atoms with E-state index in [1.54, 1.807) is 6.07 Å². The molecule has 1 saturated heterocycles. The van der Waals surface area contributed by atoms with Gasteiger partial charge in [-0.3, -0.25) is 4.79 Å². The number of benzene rings is 1. The van der Waals surface area contributed by atoms with Crippen LogP contribution in [-0.2, 0) is 20.9 Å². The molecule has 3 N–H and O–H groups in total. The number of Topliss-reactive ketones (excluding diaryl/α,β-unsaturated/α-hetero) is 1. The van der Waals surface area contributed by atoms with Gasteiger partial charge in [-0.15, -0.1) is 0 Å². The first kappa shape index (κ1) is 29.1. The van der Waals surface area contributed by atoms with Gasteiger partial charge in [0.15, 0.2) is 17.7 Å². The third-order valence-electron chi connectivity index (χ3n) is 12.3. The van der Waals surface area contributed by atoms with Crippen LogP contribution < -0.4 is 10.2 Å². The van der Waals surface area contributed by atoms with Crippen molar-refractivity contribution in [2.24, 2.45) is 39.9 Å². The molecule has 5 aliphatic rings. The minimum absolute atomic E-state index is 0.0221. The van der Waals surface area contributed by atoms with Crippen molar-refractivity contribution in [3.63, 3.8) is 0 Å². The van der Waals surface area contributed by atoms with Crippen LogP contribution in [0.1, 0.15) is 71.8 Å². The standard InChI is InChI=1S/C31H43BFNO7/c1-17-8-10-31-11-9-21(35)26(31)30(17,4)20(14-29(3,27(36)18(31)2)16-34-12-5-13-34)25(28(37)38)41-22-7-6-19-15-40-32(39)23(19)24(22)33/h6-7,17-18,20,25-27,36,39H,5,8-16H2,1-4H3,(H,37,38)/t17-,18+,20+,25?,26+,27+,29+,30-,31+/m1/s1. The molecule has 1 unspecified atom stereocenters. The minimum Gasteiger partial charge on any atom is -0.478 e. The van der Waals surface area contributed by atoms with Gasteiger partial charge in [-0.1, -0.05) is 33.8 Å². The number of halogens is 1. The van der Waals surface area contributed by atoms with Crippen molar-refractivity contribution in [3.8, 4) is 5.75 Å². The molecule has 9 atom stereocenters. The zero-order chi connectivity index (χ0) is 29.5. The summed E-state index contributed by atoms with van der Waals surface area (Å²) in [6, 6.07) is 3.00. The van der Waals surface area contributed by atoms with Crippen LogP contribution in [0.4, 0.5) is 4.39 Å². The Bertz CT molecular complexity index is 1240. The topological polar surface area (TPSA) is 117 Å². The van der Waals surface area contributed by atoms with E-state index in [2.05, 4.69) is 32.6 Å². The molecule has 41 heavy (non-hydrogen) atoms. The zero-order valence-electron chi connectivity index (χ0n) is 24.6. The van der Waals surface area contributed by atoms with Gasteiger partial charge in [-0.2, -0.15) is 0 Å². The van der Waals surface area contributed by atoms with Gasteiger partial charge in [0.25, 0.3) is 0 Å². The zero-order valence-corrected chi connectivity index (χ0v) is 24.6. The summed E-state index contributed by atoms with van der Waals surface area (Å²) >= 11 is 0. The van der Waals surface area contributed by atoms with E-state index >= 15 is 4.39 Å². The lowest BCUT2D eigenvalue weighted by Crippen LogP contribution is -2.65. The van der Waals surface area contributed by atoms with Gasteiger partial charge in [0, 0.05) is 35.7 Å². The second-order valence-corrected chi connectivity index (χ2v) is 14.3. The molecule has 3 aliphatic carbocycles. The molecule has 0 spiro atoms. The summed E-state index contributed by atoms with van der Waals surface area (Å²) in [5.41, 5.74) is -1.36. The predicted octanol–water partition coefficient (Wildman–Crippen LogP) is 3.01. The lowest BCUT2D eigenvalue weighted by molar-refractivity contribution is -0.202. The molecule has 8 nitrogen and oxygen atoms in total. The minimum atomic E-state index is -1.46. The first-order chi connectivity index (χ1) is 19.3. The van der Waals surface area contributed by atoms with Crippen molar-refractivity contribution in [1.29, 1.82) is 0 Å². The van der Waals surface area contributed by atoms with Gasteiger partial charge in [-0.05, 0) is 79.5 Å². The Morgan fingerprint density at radius 2 is 2.00 bits per heavy atom. The Labute approximate surface area is 241 Å². The fraction of sp³-hybridized carbons (Fsp3) is 0.742. The summed E-state index contributed by atoms with van der Waals surface area (Å²) < 4.78 is 27.0. The molecule has 2 bridgehead atoms. The van der Waals surface area contributed by atoms with Crippen LogP contribution in [0.15, 0.2) is 12.1 Å². The third kappa shape index (κ3) is 4.22. The van der Waals surface area contributed by atoms with E-state index in [1.807, 2.05) is 0 Å². The van der Waals surface area contributed by atoms with Gasteiger partial charge in [0.2, 0.25) is 0 Å². The Morgan fingerprint density at radius 3 is 2.66 bits per heavy atom. The number of ether oxygens (including phenoxy) is 1. The lowest BCUT2D eigenvalue weighted by Gasteiger charge is -2.63. The SMILES string of the molecule is C[C@@H]1CC[C@@]23CCC(=O)[C@H]2[C@@]1(C)[C@H](C(Oc1ccc2c(c1F)B(O)OC2)C(=O)O)C[C@@](C)(CN1CCC1)[C@@H](O)[C@@H]3C. The van der Waals surface area contributed by atoms with Crippen molar-refractivity contribution in [2.75, 3.05) is 19.6 Å². The van der Waals surface area contributed by atoms with Crippen molar-refractivity contribution in [3.05, 3.63) is 23.5 Å². The van der Waals surface area contributed by atoms with E-state index < -0.39 is 59.2 Å². The molecule has 0 radical (unpaired) electrons. The molecule has 4 fully saturated rings. The predicted molar refractivity (Wildman–Crippen MR) is 150 cm³/mol. The molecule has 3 saturated carbocycles. The van der Waals surface area contributed by atoms with Crippen LogP contribution in [0.3, 0.4) is 0 Å². The second-order valence-electron chi connectivity index (χ2n) is 14.3. The Balaban J connectivity index is 1.49. The van der Waals surface area contributed by atoms with E-state index in [0.29, 0.717) is 31.4 Å². The van der Waals surface area contributed by atoms with Gasteiger partial charge in [0.05, 0.1) is 12.7 Å².